The maximum atomic E-state index is 13.7. The highest BCUT2D eigenvalue weighted by Crippen LogP contribution is 2.34. The molecule has 2 heterocycles. The molecular formula is C21H13ClF4N4O. The lowest BCUT2D eigenvalue weighted by atomic mass is 10.1. The fraction of sp³-hybridized carbons (Fsp3) is 0.0952. The number of fused-ring (bicyclic) bond motifs is 1. The van der Waals surface area contributed by atoms with Crippen molar-refractivity contribution in [1.82, 2.24) is 19.9 Å². The van der Waals surface area contributed by atoms with E-state index in [4.69, 9.17) is 11.6 Å². The van der Waals surface area contributed by atoms with E-state index in [1.54, 1.807) is 24.3 Å². The van der Waals surface area contributed by atoms with Gasteiger partial charge in [-0.1, -0.05) is 41.9 Å². The van der Waals surface area contributed by atoms with Gasteiger partial charge in [-0.05, 0) is 35.9 Å². The number of hydrogen-bond acceptors (Lipinski definition) is 3. The van der Waals surface area contributed by atoms with Crippen LogP contribution in [0.3, 0.4) is 0 Å². The third-order valence-corrected chi connectivity index (χ3v) is 4.82. The Labute approximate surface area is 178 Å². The molecule has 0 fully saturated rings. The van der Waals surface area contributed by atoms with E-state index in [-0.39, 0.29) is 34.2 Å². The molecule has 158 valence electrons. The third-order valence-electron chi connectivity index (χ3n) is 4.47. The molecule has 0 bridgehead atoms. The number of rotatable bonds is 4. The quantitative estimate of drug-likeness (QED) is 0.440. The molecule has 0 spiro atoms. The monoisotopic (exact) mass is 448 g/mol. The largest absolute Gasteiger partial charge is 0.433 e. The van der Waals surface area contributed by atoms with Crippen LogP contribution in [0, 0.1) is 5.82 Å². The van der Waals surface area contributed by atoms with Crippen molar-refractivity contribution in [2.75, 3.05) is 0 Å². The average Bonchev–Trinajstić information content (AvgIpc) is 3.08. The zero-order chi connectivity index (χ0) is 22.2. The summed E-state index contributed by atoms with van der Waals surface area (Å²) >= 11 is 6.21. The van der Waals surface area contributed by atoms with Crippen molar-refractivity contribution in [3.8, 4) is 11.3 Å². The Kier molecular flexibility index (Phi) is 5.36. The van der Waals surface area contributed by atoms with Crippen LogP contribution >= 0.6 is 11.6 Å². The van der Waals surface area contributed by atoms with Crippen molar-refractivity contribution in [2.45, 2.75) is 12.7 Å². The summed E-state index contributed by atoms with van der Waals surface area (Å²) in [6.07, 6.45) is -4.80. The molecule has 0 radical (unpaired) electrons. The lowest BCUT2D eigenvalue weighted by molar-refractivity contribution is -0.142. The van der Waals surface area contributed by atoms with Crippen LogP contribution in [0.15, 0.2) is 60.7 Å². The molecule has 10 heteroatoms. The van der Waals surface area contributed by atoms with Crippen LogP contribution in [0.1, 0.15) is 21.7 Å². The van der Waals surface area contributed by atoms with Crippen LogP contribution in [0.5, 0.6) is 0 Å². The fourth-order valence-corrected chi connectivity index (χ4v) is 3.21. The summed E-state index contributed by atoms with van der Waals surface area (Å²) in [7, 11) is 0. The molecule has 2 aromatic carbocycles. The normalized spacial score (nSPS) is 11.6. The number of alkyl halides is 3. The van der Waals surface area contributed by atoms with E-state index < -0.39 is 23.6 Å². The SMILES string of the molecule is O=C(NCc1ccccc1)c1nn2c(C(F)(F)F)cc(-c3ccc(F)cc3)nc2c1Cl. The van der Waals surface area contributed by atoms with Crippen molar-refractivity contribution >= 4 is 23.2 Å². The molecular weight excluding hydrogens is 436 g/mol. The molecule has 1 amide bonds. The standard InChI is InChI=1S/C21H13ClF4N4O/c22-17-18(20(31)27-11-12-4-2-1-3-5-12)29-30-16(21(24,25)26)10-15(28-19(17)30)13-6-8-14(23)9-7-13/h1-10H,11H2,(H,27,31). The maximum Gasteiger partial charge on any atom is 0.433 e. The van der Waals surface area contributed by atoms with Crippen LogP contribution in [-0.2, 0) is 12.7 Å². The molecule has 0 saturated carbocycles. The van der Waals surface area contributed by atoms with Crippen LogP contribution in [0.2, 0.25) is 5.02 Å². The number of halogens is 5. The summed E-state index contributed by atoms with van der Waals surface area (Å²) < 4.78 is 54.8. The topological polar surface area (TPSA) is 59.3 Å². The van der Waals surface area contributed by atoms with Crippen molar-refractivity contribution in [3.05, 3.63) is 88.5 Å². The summed E-state index contributed by atoms with van der Waals surface area (Å²) in [5.41, 5.74) is -0.920. The number of carbonyl (C=O) groups is 1. The summed E-state index contributed by atoms with van der Waals surface area (Å²) in [5, 5.41) is 6.03. The lowest BCUT2D eigenvalue weighted by Crippen LogP contribution is -2.23. The Morgan fingerprint density at radius 1 is 1.06 bits per heavy atom. The summed E-state index contributed by atoms with van der Waals surface area (Å²) in [6.45, 7) is 0.143. The summed E-state index contributed by atoms with van der Waals surface area (Å²) in [4.78, 5) is 16.7. The van der Waals surface area contributed by atoms with Crippen LogP contribution < -0.4 is 5.32 Å². The molecule has 31 heavy (non-hydrogen) atoms. The van der Waals surface area contributed by atoms with E-state index in [0.717, 1.165) is 23.8 Å². The van der Waals surface area contributed by atoms with E-state index in [1.165, 1.54) is 12.1 Å². The van der Waals surface area contributed by atoms with E-state index in [9.17, 15) is 22.4 Å². The first-order valence-electron chi connectivity index (χ1n) is 8.98. The van der Waals surface area contributed by atoms with Crippen LogP contribution in [0.4, 0.5) is 17.6 Å². The zero-order valence-corrected chi connectivity index (χ0v) is 16.4. The maximum absolute atomic E-state index is 13.7. The third kappa shape index (κ3) is 4.22. The molecule has 0 unspecified atom stereocenters. The first-order valence-corrected chi connectivity index (χ1v) is 9.36. The predicted octanol–water partition coefficient (Wildman–Crippen LogP) is 5.14. The smallest absolute Gasteiger partial charge is 0.347 e. The minimum Gasteiger partial charge on any atom is -0.347 e. The second-order valence-electron chi connectivity index (χ2n) is 6.60. The van der Waals surface area contributed by atoms with E-state index in [1.807, 2.05) is 6.07 Å². The molecule has 2 aromatic heterocycles. The molecule has 4 rings (SSSR count). The Hall–Kier alpha value is -3.46. The van der Waals surface area contributed by atoms with Crippen LogP contribution in [-0.4, -0.2) is 20.5 Å². The first-order chi connectivity index (χ1) is 14.7. The minimum atomic E-state index is -4.80. The van der Waals surface area contributed by atoms with E-state index in [2.05, 4.69) is 15.4 Å². The van der Waals surface area contributed by atoms with Gasteiger partial charge in [-0.3, -0.25) is 4.79 Å². The zero-order valence-electron chi connectivity index (χ0n) is 15.6. The number of nitrogens with one attached hydrogen (secondary N) is 1. The number of amides is 1. The van der Waals surface area contributed by atoms with Gasteiger partial charge in [0.15, 0.2) is 17.0 Å². The number of aromatic nitrogens is 3. The Balaban J connectivity index is 1.77. The van der Waals surface area contributed by atoms with Gasteiger partial charge in [0, 0.05) is 12.1 Å². The van der Waals surface area contributed by atoms with Gasteiger partial charge >= 0.3 is 6.18 Å². The van der Waals surface area contributed by atoms with Gasteiger partial charge in [0.1, 0.15) is 10.8 Å². The number of nitrogens with zero attached hydrogens (tertiary/aromatic N) is 3. The summed E-state index contributed by atoms with van der Waals surface area (Å²) in [5.74, 6) is -1.28. The van der Waals surface area contributed by atoms with Crippen LogP contribution in [0.25, 0.3) is 16.9 Å². The van der Waals surface area contributed by atoms with Gasteiger partial charge in [-0.25, -0.2) is 13.9 Å². The molecule has 0 aliphatic rings. The second kappa shape index (κ2) is 7.99. The Bertz CT molecular complexity index is 1250. The molecule has 1 N–H and O–H groups in total. The van der Waals surface area contributed by atoms with Gasteiger partial charge in [0.2, 0.25) is 0 Å². The van der Waals surface area contributed by atoms with Gasteiger partial charge in [0.05, 0.1) is 5.69 Å². The second-order valence-corrected chi connectivity index (χ2v) is 6.98. The number of hydrogen-bond donors (Lipinski definition) is 1. The molecule has 0 saturated heterocycles. The Morgan fingerprint density at radius 2 is 1.74 bits per heavy atom. The van der Waals surface area contributed by atoms with Gasteiger partial charge in [0.25, 0.3) is 5.91 Å². The number of carbonyl (C=O) groups excluding carboxylic acids is 1. The Morgan fingerprint density at radius 3 is 2.39 bits per heavy atom. The molecule has 0 aliphatic heterocycles. The van der Waals surface area contributed by atoms with Crippen molar-refractivity contribution in [3.63, 3.8) is 0 Å². The van der Waals surface area contributed by atoms with E-state index >= 15 is 0 Å². The predicted molar refractivity (Wildman–Crippen MR) is 106 cm³/mol. The first kappa shape index (κ1) is 20.8. The highest BCUT2D eigenvalue weighted by atomic mass is 35.5. The average molecular weight is 449 g/mol. The molecule has 4 aromatic rings. The van der Waals surface area contributed by atoms with E-state index in [0.29, 0.717) is 4.52 Å². The highest BCUT2D eigenvalue weighted by molar-refractivity contribution is 6.36. The molecule has 0 atom stereocenters. The fourth-order valence-electron chi connectivity index (χ4n) is 2.97. The minimum absolute atomic E-state index is 0.0853. The van der Waals surface area contributed by atoms with Crippen molar-refractivity contribution in [1.29, 1.82) is 0 Å². The van der Waals surface area contributed by atoms with Gasteiger partial charge < -0.3 is 5.32 Å². The van der Waals surface area contributed by atoms with Gasteiger partial charge in [-0.2, -0.15) is 18.3 Å². The lowest BCUT2D eigenvalue weighted by Gasteiger charge is -2.11. The molecule has 5 nitrogen and oxygen atoms in total. The van der Waals surface area contributed by atoms with Gasteiger partial charge in [-0.15, -0.1) is 0 Å². The van der Waals surface area contributed by atoms with Crippen molar-refractivity contribution in [2.24, 2.45) is 0 Å². The molecule has 0 aliphatic carbocycles. The number of benzene rings is 2. The van der Waals surface area contributed by atoms with Crippen molar-refractivity contribution < 1.29 is 22.4 Å². The summed E-state index contributed by atoms with van der Waals surface area (Å²) in [6, 6.07) is 14.5. The highest BCUT2D eigenvalue weighted by Gasteiger charge is 2.36.